The summed E-state index contributed by atoms with van der Waals surface area (Å²) < 4.78 is 163. The number of nitrogen functional groups attached to an aromatic ring is 1. The number of nitrogens with two attached hydrogens (primary N) is 1. The first-order valence-corrected chi connectivity index (χ1v) is 33.0. The summed E-state index contributed by atoms with van der Waals surface area (Å²) in [7, 11) is 1.69. The zero-order valence-corrected chi connectivity index (χ0v) is 56.4. The zero-order valence-electron chi connectivity index (χ0n) is 56.4. The number of likely N-dealkylation sites (tertiary alicyclic amines) is 1. The third-order valence-electron chi connectivity index (χ3n) is 17.7. The molecule has 3 fully saturated rings. The molecular weight excluding hydrogens is 1410 g/mol. The molecule has 0 atom stereocenters. The van der Waals surface area contributed by atoms with E-state index < -0.39 is 81.3 Å². The number of anilines is 4. The summed E-state index contributed by atoms with van der Waals surface area (Å²) in [6.07, 6.45) is 16.0. The number of carbonyl (C=O) groups is 4. The minimum absolute atomic E-state index is 0.0238. The van der Waals surface area contributed by atoms with E-state index in [9.17, 15) is 77.0 Å². The Morgan fingerprint density at radius 2 is 0.794 bits per heavy atom. The molecule has 107 heavy (non-hydrogen) atoms. The lowest BCUT2D eigenvalue weighted by molar-refractivity contribution is -0.132. The van der Waals surface area contributed by atoms with Crippen LogP contribution in [0, 0.1) is 81.6 Å². The number of H-pyrrole nitrogens is 3. The molecule has 0 unspecified atom stereocenters. The number of nitrogens with one attached hydrogen (secondary N) is 6. The van der Waals surface area contributed by atoms with Crippen molar-refractivity contribution in [2.75, 3.05) is 34.8 Å². The lowest BCUT2D eigenvalue weighted by atomic mass is 9.95. The fraction of sp³-hybridized carbons (Fsp3) is 0.169. The highest BCUT2D eigenvalue weighted by molar-refractivity contribution is 6.03. The molecule has 12 aromatic rings. The maximum atomic E-state index is 14.5. The average molecular weight is 1480 g/mol. The van der Waals surface area contributed by atoms with Crippen LogP contribution in [0.15, 0.2) is 121 Å². The molecule has 2 aliphatic carbocycles. The fourth-order valence-corrected chi connectivity index (χ4v) is 11.3. The van der Waals surface area contributed by atoms with E-state index in [2.05, 4.69) is 51.6 Å². The minimum Gasteiger partial charge on any atom is -0.396 e. The molecule has 548 valence electrons. The van der Waals surface area contributed by atoms with Crippen molar-refractivity contribution in [1.82, 2.24) is 45.3 Å². The first kappa shape index (κ1) is 74.1. The highest BCUT2D eigenvalue weighted by Gasteiger charge is 2.48. The molecule has 1 saturated heterocycles. The minimum atomic E-state index is -1.42. The van der Waals surface area contributed by atoms with Gasteiger partial charge >= 0.3 is 0 Å². The molecule has 0 bridgehead atoms. The van der Waals surface area contributed by atoms with E-state index in [0.717, 1.165) is 61.4 Å². The van der Waals surface area contributed by atoms with Gasteiger partial charge < -0.3 is 31.7 Å². The van der Waals surface area contributed by atoms with Crippen LogP contribution in [0.25, 0.3) is 92.2 Å². The molecule has 8 aromatic carbocycles. The van der Waals surface area contributed by atoms with E-state index in [0.29, 0.717) is 127 Å². The van der Waals surface area contributed by atoms with Gasteiger partial charge in [-0.05, 0) is 158 Å². The summed E-state index contributed by atoms with van der Waals surface area (Å²) >= 11 is 0. The Balaban J connectivity index is 0.000000135. The molecule has 9 N–H and O–H groups in total. The number of halogens is 12. The number of aryl methyl sites for hydroxylation is 1. The Kier molecular flexibility index (Phi) is 21.7. The van der Waals surface area contributed by atoms with Crippen LogP contribution in [-0.2, 0) is 26.2 Å². The summed E-state index contributed by atoms with van der Waals surface area (Å²) in [5.74, 6) is -11.3. The van der Waals surface area contributed by atoms with Crippen LogP contribution in [0.3, 0.4) is 0 Å². The maximum absolute atomic E-state index is 14.5. The second-order valence-corrected chi connectivity index (χ2v) is 25.4. The zero-order chi connectivity index (χ0) is 76.1. The van der Waals surface area contributed by atoms with Gasteiger partial charge in [-0.1, -0.05) is 48.6 Å². The van der Waals surface area contributed by atoms with Gasteiger partial charge in [0.25, 0.3) is 5.91 Å². The molecule has 3 aliphatic rings. The number of piperidine rings is 1. The first-order valence-electron chi connectivity index (χ1n) is 33.0. The molecule has 4 amide bonds. The third-order valence-corrected chi connectivity index (χ3v) is 17.7. The van der Waals surface area contributed by atoms with E-state index in [4.69, 9.17) is 5.73 Å². The fourth-order valence-electron chi connectivity index (χ4n) is 11.3. The summed E-state index contributed by atoms with van der Waals surface area (Å²) in [5.41, 5.74) is 9.89. The number of carbonyl (C=O) groups excluding carboxylic acids is 4. The van der Waals surface area contributed by atoms with Crippen molar-refractivity contribution in [2.24, 2.45) is 18.9 Å². The van der Waals surface area contributed by atoms with Gasteiger partial charge in [0.05, 0.1) is 67.6 Å². The number of aliphatic hydroxyl groups is 1. The number of nitrogens with zero attached hydrogens (tertiary/aromatic N) is 6. The normalized spacial score (nSPS) is 14.2. The molecule has 30 heteroatoms. The van der Waals surface area contributed by atoms with Crippen molar-refractivity contribution in [3.8, 4) is 0 Å². The lowest BCUT2D eigenvalue weighted by Crippen LogP contribution is -2.40. The van der Waals surface area contributed by atoms with Gasteiger partial charge in [0.2, 0.25) is 17.7 Å². The van der Waals surface area contributed by atoms with E-state index in [1.54, 1.807) is 54.5 Å². The molecule has 4 aromatic heterocycles. The van der Waals surface area contributed by atoms with Gasteiger partial charge in [-0.2, -0.15) is 20.4 Å². The first-order chi connectivity index (χ1) is 51.1. The van der Waals surface area contributed by atoms with E-state index in [1.165, 1.54) is 90.5 Å². The van der Waals surface area contributed by atoms with Gasteiger partial charge in [0.15, 0.2) is 46.5 Å². The summed E-state index contributed by atoms with van der Waals surface area (Å²) in [4.78, 5) is 49.6. The number of amides is 4. The van der Waals surface area contributed by atoms with Gasteiger partial charge in [0.1, 0.15) is 28.9 Å². The molecular formula is C77H61F12N13O5. The Bertz CT molecular complexity index is 5590. The van der Waals surface area contributed by atoms with Gasteiger partial charge in [-0.3, -0.25) is 39.2 Å². The van der Waals surface area contributed by atoms with E-state index >= 15 is 0 Å². The molecule has 15 rings (SSSR count). The highest BCUT2D eigenvalue weighted by Crippen LogP contribution is 2.38. The Hall–Kier alpha value is -12.6. The van der Waals surface area contributed by atoms with Crippen LogP contribution in [0.4, 0.5) is 75.4 Å². The Labute approximate surface area is 599 Å². The standard InChI is InChI=1S/C23H21F3N4O2.C19H14F3N3O2.C19H14F3N3O.C16H12F3N3/c1-13(31)30-8-6-15(7-9-30)23(32)27-22-11-16-20(28-29-21(16)12-19(22)26)5-3-14-2-4-17(24)18(25)10-14;20-12-3-1-10(7-13(12)21)2-4-15-11-8-17(14(22)9-16(11)25-24-15)23-18(26)19(27)5-6-19;20-13-5-1-10(7-14(13)21)2-6-16-12-8-18(23-19(26)11-3-4-11)15(22)9-17(12)25-24-16;1-22-16-8-13(19)14(20)7-10(16)15(21-22)5-3-9-2-4-11(17)12(18)6-9/h2-5,10-12,15H,6-9H2,1H3,(H,27,32)(H,28,29);1-4,7-9,27H,5-6H2,(H,23,26)(H,24,25);1-2,5-9,11H,3-4H2,(H,23,26)(H,24,25);2-8H,20H2,1H3/b5-3+;4-2+;6-2+;5-3+. The van der Waals surface area contributed by atoms with Crippen LogP contribution in [0.2, 0.25) is 0 Å². The predicted octanol–water partition coefficient (Wildman–Crippen LogP) is 16.2. The van der Waals surface area contributed by atoms with Crippen LogP contribution in [-0.4, -0.2) is 92.7 Å². The number of hydrogen-bond acceptors (Lipinski definition) is 10. The molecule has 1 aliphatic heterocycles. The molecule has 5 heterocycles. The van der Waals surface area contributed by atoms with Crippen LogP contribution in [0.5, 0.6) is 0 Å². The number of aromatic amines is 3. The average Bonchev–Trinajstić information content (AvgIpc) is 1.66. The van der Waals surface area contributed by atoms with Crippen LogP contribution >= 0.6 is 0 Å². The molecule has 2 saturated carbocycles. The number of hydrogen-bond donors (Lipinski definition) is 8. The van der Waals surface area contributed by atoms with Crippen molar-refractivity contribution >= 4 is 139 Å². The smallest absolute Gasteiger partial charge is 0.256 e. The van der Waals surface area contributed by atoms with E-state index in [-0.39, 0.29) is 52.3 Å². The number of fused-ring (bicyclic) bond motifs is 4. The number of aromatic nitrogens is 8. The van der Waals surface area contributed by atoms with Crippen molar-refractivity contribution in [2.45, 2.75) is 51.0 Å². The van der Waals surface area contributed by atoms with E-state index in [1.807, 2.05) is 0 Å². The maximum Gasteiger partial charge on any atom is 0.256 e. The second kappa shape index (κ2) is 31.4. The Morgan fingerprint density at radius 3 is 1.14 bits per heavy atom. The highest BCUT2D eigenvalue weighted by atomic mass is 19.2. The summed E-state index contributed by atoms with van der Waals surface area (Å²) in [6.45, 7) is 2.49. The number of rotatable bonds is 14. The largest absolute Gasteiger partial charge is 0.396 e. The lowest BCUT2D eigenvalue weighted by Gasteiger charge is -2.30. The number of benzene rings is 8. The van der Waals surface area contributed by atoms with Gasteiger partial charge in [-0.25, -0.2) is 52.7 Å². The molecule has 18 nitrogen and oxygen atoms in total. The van der Waals surface area contributed by atoms with Crippen molar-refractivity contribution in [3.63, 3.8) is 0 Å². The van der Waals surface area contributed by atoms with Gasteiger partial charge in [0, 0.05) is 84.7 Å². The monoisotopic (exact) mass is 1480 g/mol. The van der Waals surface area contributed by atoms with Crippen LogP contribution in [0.1, 0.15) is 90.5 Å². The van der Waals surface area contributed by atoms with Crippen LogP contribution < -0.4 is 21.7 Å². The summed E-state index contributed by atoms with van der Waals surface area (Å²) in [5, 5.41) is 44.5. The quantitative estimate of drug-likeness (QED) is 0.0377. The van der Waals surface area contributed by atoms with Crippen molar-refractivity contribution in [3.05, 3.63) is 236 Å². The SMILES string of the molecule is CC(=O)N1CCC(C(=O)Nc2cc3c(/C=C/c4ccc(F)c(F)c4)n[nH]c3cc2F)CC1.Cn1nc(/C=C/c2ccc(F)c(F)c2)c2cc(N)c(F)cc21.O=C(Nc1cc2c(/C=C/c3ccc(F)c(F)c3)n[nH]c2cc1F)C1(O)CC1.O=C(Nc1cc2c(/C=C/c3ccc(F)c(F)c3)n[nH]c2cc1F)C1CC1. The predicted molar refractivity (Wildman–Crippen MR) is 382 cm³/mol. The molecule has 0 spiro atoms. The Morgan fingerprint density at radius 1 is 0.439 bits per heavy atom. The van der Waals surface area contributed by atoms with Crippen molar-refractivity contribution < 1.29 is 77.0 Å². The topological polar surface area (TPSA) is 258 Å². The van der Waals surface area contributed by atoms with Crippen molar-refractivity contribution in [1.29, 1.82) is 0 Å². The molecule has 0 radical (unpaired) electrons. The summed E-state index contributed by atoms with van der Waals surface area (Å²) in [6, 6.07) is 25.0. The van der Waals surface area contributed by atoms with Gasteiger partial charge in [-0.15, -0.1) is 0 Å². The second-order valence-electron chi connectivity index (χ2n) is 25.4. The third kappa shape index (κ3) is 17.6.